The van der Waals surface area contributed by atoms with Gasteiger partial charge in [-0.05, 0) is 30.9 Å². The fraction of sp³-hybridized carbons (Fsp3) is 0.556. The summed E-state index contributed by atoms with van der Waals surface area (Å²) in [6.45, 7) is 1.49. The van der Waals surface area contributed by atoms with Crippen LogP contribution < -0.4 is 5.32 Å². The summed E-state index contributed by atoms with van der Waals surface area (Å²) in [5.41, 5.74) is 0. The maximum atomic E-state index is 12.6. The lowest BCUT2D eigenvalue weighted by molar-refractivity contribution is -0.137. The zero-order chi connectivity index (χ0) is 19.7. The van der Waals surface area contributed by atoms with E-state index in [0.29, 0.717) is 36.7 Å². The summed E-state index contributed by atoms with van der Waals surface area (Å²) < 4.78 is 31.3. The predicted octanol–water partition coefficient (Wildman–Crippen LogP) is 1.50. The van der Waals surface area contributed by atoms with Crippen LogP contribution in [0.2, 0.25) is 0 Å². The van der Waals surface area contributed by atoms with Crippen LogP contribution in [0.3, 0.4) is 0 Å². The molecule has 1 N–H and O–H groups in total. The van der Waals surface area contributed by atoms with E-state index >= 15 is 0 Å². The molecule has 0 saturated carbocycles. The number of nitrogens with zero attached hydrogens (tertiary/aromatic N) is 1. The largest absolute Gasteiger partial charge is 0.468 e. The molecule has 1 aromatic rings. The molecule has 1 saturated heterocycles. The standard InChI is InChI=1S/C18H26N2O5S2/c1-25-18(22)14-26-12-9-17(21)19-13-15-7-10-20(11-8-15)27(23,24)16-5-3-2-4-6-16/h2-6,15H,7-14H2,1H3,(H,19,21). The quantitative estimate of drug-likeness (QED) is 0.486. The second kappa shape index (κ2) is 10.7. The summed E-state index contributed by atoms with van der Waals surface area (Å²) in [5.74, 6) is 0.746. The fourth-order valence-electron chi connectivity index (χ4n) is 2.82. The van der Waals surface area contributed by atoms with Gasteiger partial charge >= 0.3 is 5.97 Å². The van der Waals surface area contributed by atoms with E-state index < -0.39 is 10.0 Å². The van der Waals surface area contributed by atoms with Gasteiger partial charge in [0.15, 0.2) is 0 Å². The number of benzene rings is 1. The van der Waals surface area contributed by atoms with Crippen molar-refractivity contribution in [3.63, 3.8) is 0 Å². The SMILES string of the molecule is COC(=O)CSCCC(=O)NCC1CCN(S(=O)(=O)c2ccccc2)CC1. The van der Waals surface area contributed by atoms with E-state index in [9.17, 15) is 18.0 Å². The number of amides is 1. The van der Waals surface area contributed by atoms with Crippen LogP contribution in [0.15, 0.2) is 35.2 Å². The Morgan fingerprint density at radius 2 is 1.89 bits per heavy atom. The van der Waals surface area contributed by atoms with Gasteiger partial charge in [-0.2, -0.15) is 4.31 Å². The first kappa shape index (κ1) is 21.7. The summed E-state index contributed by atoms with van der Waals surface area (Å²) in [6.07, 6.45) is 1.80. The van der Waals surface area contributed by atoms with Gasteiger partial charge in [0.1, 0.15) is 0 Å². The van der Waals surface area contributed by atoms with Crippen molar-refractivity contribution >= 4 is 33.7 Å². The molecule has 0 aliphatic carbocycles. The Morgan fingerprint density at radius 1 is 1.22 bits per heavy atom. The van der Waals surface area contributed by atoms with Gasteiger partial charge in [0.05, 0.1) is 17.8 Å². The van der Waals surface area contributed by atoms with Crippen LogP contribution in [-0.4, -0.2) is 62.8 Å². The van der Waals surface area contributed by atoms with Crippen molar-refractivity contribution in [3.05, 3.63) is 30.3 Å². The van der Waals surface area contributed by atoms with E-state index in [1.165, 1.54) is 23.2 Å². The van der Waals surface area contributed by atoms with Crippen molar-refractivity contribution in [2.24, 2.45) is 5.92 Å². The lowest BCUT2D eigenvalue weighted by Gasteiger charge is -2.31. The normalized spacial score (nSPS) is 16.0. The molecule has 1 amide bonds. The molecule has 0 radical (unpaired) electrons. The van der Waals surface area contributed by atoms with E-state index in [1.807, 2.05) is 0 Å². The van der Waals surface area contributed by atoms with Gasteiger partial charge < -0.3 is 10.1 Å². The van der Waals surface area contributed by atoms with E-state index in [0.717, 1.165) is 12.8 Å². The highest BCUT2D eigenvalue weighted by atomic mass is 32.2. The highest BCUT2D eigenvalue weighted by Crippen LogP contribution is 2.23. The molecule has 1 fully saturated rings. The molecule has 0 bridgehead atoms. The van der Waals surface area contributed by atoms with Crippen LogP contribution >= 0.6 is 11.8 Å². The Morgan fingerprint density at radius 3 is 2.52 bits per heavy atom. The van der Waals surface area contributed by atoms with Crippen molar-refractivity contribution in [3.8, 4) is 0 Å². The fourth-order valence-corrected chi connectivity index (χ4v) is 5.07. The monoisotopic (exact) mass is 414 g/mol. The number of rotatable bonds is 9. The summed E-state index contributed by atoms with van der Waals surface area (Å²) in [7, 11) is -2.10. The molecule has 0 atom stereocenters. The number of piperidine rings is 1. The molecule has 0 aromatic heterocycles. The van der Waals surface area contributed by atoms with E-state index in [4.69, 9.17) is 0 Å². The molecule has 1 aliphatic rings. The number of carbonyl (C=O) groups is 2. The number of nitrogens with one attached hydrogen (secondary N) is 1. The first-order valence-electron chi connectivity index (χ1n) is 8.90. The Kier molecular flexibility index (Phi) is 8.59. The van der Waals surface area contributed by atoms with Crippen molar-refractivity contribution < 1.29 is 22.7 Å². The summed E-state index contributed by atoms with van der Waals surface area (Å²) >= 11 is 1.37. The van der Waals surface area contributed by atoms with E-state index in [2.05, 4.69) is 10.1 Å². The average Bonchev–Trinajstić information content (AvgIpc) is 2.70. The van der Waals surface area contributed by atoms with Crippen molar-refractivity contribution in [1.82, 2.24) is 9.62 Å². The van der Waals surface area contributed by atoms with Gasteiger partial charge in [0, 0.05) is 31.8 Å². The zero-order valence-electron chi connectivity index (χ0n) is 15.4. The van der Waals surface area contributed by atoms with Crippen LogP contribution in [-0.2, 0) is 24.3 Å². The Balaban J connectivity index is 1.67. The molecule has 7 nitrogen and oxygen atoms in total. The van der Waals surface area contributed by atoms with Crippen LogP contribution in [0.5, 0.6) is 0 Å². The van der Waals surface area contributed by atoms with Crippen LogP contribution in [0.4, 0.5) is 0 Å². The second-order valence-electron chi connectivity index (χ2n) is 6.34. The predicted molar refractivity (Wildman–Crippen MR) is 105 cm³/mol. The smallest absolute Gasteiger partial charge is 0.315 e. The molecule has 2 rings (SSSR count). The topological polar surface area (TPSA) is 92.8 Å². The van der Waals surface area contributed by atoms with E-state index in [-0.39, 0.29) is 23.5 Å². The lowest BCUT2D eigenvalue weighted by atomic mass is 9.98. The van der Waals surface area contributed by atoms with Gasteiger partial charge in [-0.15, -0.1) is 11.8 Å². The molecule has 0 unspecified atom stereocenters. The van der Waals surface area contributed by atoms with Crippen molar-refractivity contribution in [1.29, 1.82) is 0 Å². The third-order valence-corrected chi connectivity index (χ3v) is 7.31. The zero-order valence-corrected chi connectivity index (χ0v) is 17.1. The minimum Gasteiger partial charge on any atom is -0.468 e. The minimum absolute atomic E-state index is 0.0493. The Hall–Kier alpha value is -1.58. The van der Waals surface area contributed by atoms with Crippen molar-refractivity contribution in [2.45, 2.75) is 24.2 Å². The molecule has 150 valence electrons. The first-order valence-corrected chi connectivity index (χ1v) is 11.5. The molecule has 1 aromatic carbocycles. The average molecular weight is 415 g/mol. The summed E-state index contributed by atoms with van der Waals surface area (Å²) in [5, 5.41) is 2.90. The number of hydrogen-bond donors (Lipinski definition) is 1. The highest BCUT2D eigenvalue weighted by molar-refractivity contribution is 7.99. The Bertz CT molecular complexity index is 717. The van der Waals surface area contributed by atoms with Crippen LogP contribution in [0.1, 0.15) is 19.3 Å². The minimum atomic E-state index is -3.44. The number of methoxy groups -OCH3 is 1. The van der Waals surface area contributed by atoms with Crippen LogP contribution in [0.25, 0.3) is 0 Å². The van der Waals surface area contributed by atoms with Gasteiger partial charge in [0.25, 0.3) is 0 Å². The second-order valence-corrected chi connectivity index (χ2v) is 9.39. The van der Waals surface area contributed by atoms with Crippen molar-refractivity contribution in [2.75, 3.05) is 38.2 Å². The third kappa shape index (κ3) is 6.82. The molecule has 27 heavy (non-hydrogen) atoms. The number of carbonyl (C=O) groups excluding carboxylic acids is 2. The number of thioether (sulfide) groups is 1. The molecule has 1 heterocycles. The third-order valence-electron chi connectivity index (χ3n) is 4.46. The van der Waals surface area contributed by atoms with Gasteiger partial charge in [-0.3, -0.25) is 9.59 Å². The Labute approximate surface area is 164 Å². The van der Waals surface area contributed by atoms with Gasteiger partial charge in [-0.1, -0.05) is 18.2 Å². The lowest BCUT2D eigenvalue weighted by Crippen LogP contribution is -2.41. The number of esters is 1. The maximum Gasteiger partial charge on any atom is 0.315 e. The number of ether oxygens (including phenoxy) is 1. The van der Waals surface area contributed by atoms with Gasteiger partial charge in [0.2, 0.25) is 15.9 Å². The van der Waals surface area contributed by atoms with Crippen LogP contribution in [0, 0.1) is 5.92 Å². The maximum absolute atomic E-state index is 12.6. The molecule has 0 spiro atoms. The number of sulfonamides is 1. The highest BCUT2D eigenvalue weighted by Gasteiger charge is 2.29. The molecule has 1 aliphatic heterocycles. The molecular weight excluding hydrogens is 388 g/mol. The van der Waals surface area contributed by atoms with Gasteiger partial charge in [-0.25, -0.2) is 8.42 Å². The number of hydrogen-bond acceptors (Lipinski definition) is 6. The summed E-state index contributed by atoms with van der Waals surface area (Å²) in [4.78, 5) is 23.2. The van der Waals surface area contributed by atoms with E-state index in [1.54, 1.807) is 30.3 Å². The molecular formula is C18H26N2O5S2. The summed E-state index contributed by atoms with van der Waals surface area (Å²) in [6, 6.07) is 8.46. The molecule has 9 heteroatoms. The first-order chi connectivity index (χ1) is 12.9.